The molecule has 1 atom stereocenters. The molecule has 2 nitrogen and oxygen atoms in total. The molecule has 0 aliphatic rings. The van der Waals surface area contributed by atoms with E-state index in [-0.39, 0.29) is 24.8 Å². The lowest BCUT2D eigenvalue weighted by molar-refractivity contribution is 0.288. The van der Waals surface area contributed by atoms with Gasteiger partial charge in [0.25, 0.3) is 0 Å². The van der Waals surface area contributed by atoms with Gasteiger partial charge in [0.05, 0.1) is 0 Å². The van der Waals surface area contributed by atoms with E-state index in [2.05, 4.69) is 39.8 Å². The Morgan fingerprint density at radius 2 is 1.54 bits per heavy atom. The van der Waals surface area contributed by atoms with Gasteiger partial charge < -0.3 is 10.6 Å². The van der Waals surface area contributed by atoms with Gasteiger partial charge in [0.1, 0.15) is 0 Å². The van der Waals surface area contributed by atoms with E-state index in [0.29, 0.717) is 11.5 Å². The van der Waals surface area contributed by atoms with E-state index in [0.717, 1.165) is 13.0 Å². The van der Waals surface area contributed by atoms with Crippen LogP contribution in [0.3, 0.4) is 0 Å². The molecule has 0 aromatic rings. The predicted octanol–water partition coefficient (Wildman–Crippen LogP) is 2.16. The molecule has 0 radical (unpaired) electrons. The molecule has 0 aliphatic heterocycles. The Kier molecular flexibility index (Phi) is 11.6. The minimum absolute atomic E-state index is 0. The normalized spacial score (nSPS) is 13.2. The van der Waals surface area contributed by atoms with Gasteiger partial charge in [-0.3, -0.25) is 0 Å². The highest BCUT2D eigenvalue weighted by molar-refractivity contribution is 5.85. The zero-order chi connectivity index (χ0) is 9.07. The van der Waals surface area contributed by atoms with Gasteiger partial charge in [0, 0.05) is 12.6 Å². The van der Waals surface area contributed by atoms with Crippen molar-refractivity contribution in [2.45, 2.75) is 33.2 Å². The van der Waals surface area contributed by atoms with Crippen molar-refractivity contribution in [3.8, 4) is 0 Å². The lowest BCUT2D eigenvalue weighted by Crippen LogP contribution is -2.36. The van der Waals surface area contributed by atoms with Crippen LogP contribution in [0.4, 0.5) is 0 Å². The van der Waals surface area contributed by atoms with Gasteiger partial charge in [-0.05, 0) is 25.9 Å². The molecule has 84 valence electrons. The molecule has 0 fully saturated rings. The van der Waals surface area contributed by atoms with Gasteiger partial charge in [-0.2, -0.15) is 0 Å². The first kappa shape index (κ1) is 19.1. The number of hydrogen-bond acceptors (Lipinski definition) is 2. The molecule has 0 bridgehead atoms. The molecule has 0 spiro atoms. The summed E-state index contributed by atoms with van der Waals surface area (Å²) in [5.41, 5.74) is 6.28. The summed E-state index contributed by atoms with van der Waals surface area (Å²) in [7, 11) is 4.12. The molecule has 0 rings (SSSR count). The van der Waals surface area contributed by atoms with Crippen molar-refractivity contribution >= 4 is 24.8 Å². The average Bonchev–Trinajstić information content (AvgIpc) is 1.53. The summed E-state index contributed by atoms with van der Waals surface area (Å²) in [6.07, 6.45) is 1.09. The Morgan fingerprint density at radius 3 is 1.77 bits per heavy atom. The Hall–Kier alpha value is 0.500. The maximum atomic E-state index is 5.92. The van der Waals surface area contributed by atoms with Gasteiger partial charge >= 0.3 is 0 Å². The van der Waals surface area contributed by atoms with Crippen molar-refractivity contribution in [3.63, 3.8) is 0 Å². The molecule has 0 aromatic carbocycles. The topological polar surface area (TPSA) is 29.3 Å². The Balaban J connectivity index is -0.000000500. The van der Waals surface area contributed by atoms with Crippen molar-refractivity contribution in [1.29, 1.82) is 0 Å². The zero-order valence-corrected chi connectivity index (χ0v) is 11.0. The molecule has 0 unspecified atom stereocenters. The molecule has 0 aliphatic carbocycles. The maximum Gasteiger partial charge on any atom is 0.0172 e. The average molecular weight is 231 g/mol. The SMILES string of the molecule is CN(C)C[C@@H](N)CC(C)(C)C.Cl.Cl. The van der Waals surface area contributed by atoms with Crippen molar-refractivity contribution < 1.29 is 0 Å². The van der Waals surface area contributed by atoms with Gasteiger partial charge in [-0.25, -0.2) is 0 Å². The highest BCUT2D eigenvalue weighted by atomic mass is 35.5. The van der Waals surface area contributed by atoms with Crippen molar-refractivity contribution in [3.05, 3.63) is 0 Å². The fourth-order valence-corrected chi connectivity index (χ4v) is 1.32. The van der Waals surface area contributed by atoms with Crippen molar-refractivity contribution in [1.82, 2.24) is 4.90 Å². The Bertz CT molecular complexity index is 111. The van der Waals surface area contributed by atoms with Crippen LogP contribution in [0.15, 0.2) is 0 Å². The Labute approximate surface area is 95.1 Å². The van der Waals surface area contributed by atoms with Crippen LogP contribution >= 0.6 is 24.8 Å². The second-order valence-electron chi connectivity index (χ2n) is 4.79. The molecule has 13 heavy (non-hydrogen) atoms. The predicted molar refractivity (Wildman–Crippen MR) is 65.1 cm³/mol. The monoisotopic (exact) mass is 230 g/mol. The second-order valence-corrected chi connectivity index (χ2v) is 4.79. The third-order valence-electron chi connectivity index (χ3n) is 1.47. The van der Waals surface area contributed by atoms with Crippen LogP contribution in [0.1, 0.15) is 27.2 Å². The van der Waals surface area contributed by atoms with Crippen LogP contribution in [0.2, 0.25) is 0 Å². The molecule has 0 amide bonds. The number of nitrogens with two attached hydrogens (primary N) is 1. The first-order chi connectivity index (χ1) is 4.81. The lowest BCUT2D eigenvalue weighted by Gasteiger charge is -2.25. The number of rotatable bonds is 3. The number of halogens is 2. The van der Waals surface area contributed by atoms with Crippen LogP contribution in [-0.4, -0.2) is 31.6 Å². The highest BCUT2D eigenvalue weighted by Gasteiger charge is 2.15. The van der Waals surface area contributed by atoms with E-state index in [1.54, 1.807) is 0 Å². The lowest BCUT2D eigenvalue weighted by atomic mass is 9.88. The fraction of sp³-hybridized carbons (Fsp3) is 1.00. The fourth-order valence-electron chi connectivity index (χ4n) is 1.32. The van der Waals surface area contributed by atoms with Crippen molar-refractivity contribution in [2.24, 2.45) is 11.1 Å². The summed E-state index contributed by atoms with van der Waals surface area (Å²) in [6, 6.07) is 0.310. The van der Waals surface area contributed by atoms with E-state index in [1.165, 1.54) is 0 Å². The smallest absolute Gasteiger partial charge is 0.0172 e. The summed E-state index contributed by atoms with van der Waals surface area (Å²) >= 11 is 0. The summed E-state index contributed by atoms with van der Waals surface area (Å²) in [4.78, 5) is 2.14. The third-order valence-corrected chi connectivity index (χ3v) is 1.47. The van der Waals surface area contributed by atoms with E-state index in [1.807, 2.05) is 0 Å². The molecule has 2 N–H and O–H groups in total. The summed E-state index contributed by atoms with van der Waals surface area (Å²) in [5.74, 6) is 0. The van der Waals surface area contributed by atoms with E-state index >= 15 is 0 Å². The van der Waals surface area contributed by atoms with E-state index < -0.39 is 0 Å². The van der Waals surface area contributed by atoms with Gasteiger partial charge in [0.2, 0.25) is 0 Å². The van der Waals surface area contributed by atoms with E-state index in [4.69, 9.17) is 5.73 Å². The molecule has 4 heteroatoms. The minimum Gasteiger partial charge on any atom is -0.327 e. The zero-order valence-electron chi connectivity index (χ0n) is 9.33. The van der Waals surface area contributed by atoms with Gasteiger partial charge in [-0.15, -0.1) is 24.8 Å². The van der Waals surface area contributed by atoms with Crippen LogP contribution in [0.5, 0.6) is 0 Å². The standard InChI is InChI=1S/C9H22N2.2ClH/c1-9(2,3)6-8(10)7-11(4)5;;/h8H,6-7,10H2,1-5H3;2*1H/t8-;;/m0../s1. The van der Waals surface area contributed by atoms with Crippen LogP contribution in [-0.2, 0) is 0 Å². The summed E-state index contributed by atoms with van der Waals surface area (Å²) in [6.45, 7) is 7.66. The first-order valence-electron chi connectivity index (χ1n) is 4.21. The Morgan fingerprint density at radius 1 is 1.15 bits per heavy atom. The quantitative estimate of drug-likeness (QED) is 0.806. The van der Waals surface area contributed by atoms with Gasteiger partial charge in [-0.1, -0.05) is 20.8 Å². The molecule has 0 aromatic heterocycles. The maximum absolute atomic E-state index is 5.92. The van der Waals surface area contributed by atoms with Gasteiger partial charge in [0.15, 0.2) is 0 Å². The minimum atomic E-state index is 0. The summed E-state index contributed by atoms with van der Waals surface area (Å²) in [5, 5.41) is 0. The molecule has 0 heterocycles. The summed E-state index contributed by atoms with van der Waals surface area (Å²) < 4.78 is 0. The van der Waals surface area contributed by atoms with E-state index in [9.17, 15) is 0 Å². The van der Waals surface area contributed by atoms with Crippen LogP contribution in [0, 0.1) is 5.41 Å². The third kappa shape index (κ3) is 15.3. The van der Waals surface area contributed by atoms with Crippen LogP contribution in [0.25, 0.3) is 0 Å². The molecule has 0 saturated heterocycles. The number of likely N-dealkylation sites (N-methyl/N-ethyl adjacent to an activating group) is 1. The van der Waals surface area contributed by atoms with Crippen LogP contribution < -0.4 is 5.73 Å². The highest BCUT2D eigenvalue weighted by Crippen LogP contribution is 2.19. The van der Waals surface area contributed by atoms with Crippen molar-refractivity contribution in [2.75, 3.05) is 20.6 Å². The number of hydrogen-bond donors (Lipinski definition) is 1. The number of nitrogens with zero attached hydrogens (tertiary/aromatic N) is 1. The molecular weight excluding hydrogens is 207 g/mol. The molecular formula is C9H24Cl2N2. The first-order valence-corrected chi connectivity index (χ1v) is 4.21. The second kappa shape index (κ2) is 7.86. The largest absolute Gasteiger partial charge is 0.327 e. The molecule has 0 saturated carbocycles.